The minimum absolute atomic E-state index is 0.323. The van der Waals surface area contributed by atoms with E-state index in [9.17, 15) is 35.7 Å². The average molecular weight is 595 g/mol. The fourth-order valence-corrected chi connectivity index (χ4v) is 5.54. The normalized spacial score (nSPS) is 34.2. The van der Waals surface area contributed by atoms with E-state index < -0.39 is 74.6 Å². The highest BCUT2D eigenvalue weighted by Crippen LogP contribution is 2.29. The van der Waals surface area contributed by atoms with Crippen molar-refractivity contribution >= 4 is 0 Å². The van der Waals surface area contributed by atoms with Crippen LogP contribution >= 0.6 is 0 Å². The molecule has 41 heavy (non-hydrogen) atoms. The first-order valence-corrected chi connectivity index (χ1v) is 16.1. The minimum Gasteiger partial charge on any atom is -0.394 e. The van der Waals surface area contributed by atoms with Crippen LogP contribution in [0.5, 0.6) is 0 Å². The number of aliphatic hydroxyl groups excluding tert-OH is 7. The van der Waals surface area contributed by atoms with E-state index in [0.717, 1.165) is 19.3 Å². The van der Waals surface area contributed by atoms with Crippen molar-refractivity contribution in [2.45, 2.75) is 171 Å². The van der Waals surface area contributed by atoms with E-state index in [2.05, 4.69) is 6.92 Å². The van der Waals surface area contributed by atoms with Gasteiger partial charge in [0.05, 0.1) is 13.2 Å². The molecule has 2 aliphatic heterocycles. The summed E-state index contributed by atoms with van der Waals surface area (Å²) in [7, 11) is 0. The van der Waals surface area contributed by atoms with E-state index in [1.807, 2.05) is 0 Å². The maximum atomic E-state index is 10.7. The van der Waals surface area contributed by atoms with Gasteiger partial charge >= 0.3 is 0 Å². The van der Waals surface area contributed by atoms with Crippen molar-refractivity contribution in [3.63, 3.8) is 0 Å². The molecule has 2 saturated heterocycles. The lowest BCUT2D eigenvalue weighted by Gasteiger charge is -2.45. The summed E-state index contributed by atoms with van der Waals surface area (Å²) in [5, 5.41) is 70.5. The number of hydrogen-bond acceptors (Lipinski definition) is 11. The predicted octanol–water partition coefficient (Wildman–Crippen LogP) is 1.89. The third-order valence-corrected chi connectivity index (χ3v) is 8.24. The molecular weight excluding hydrogens is 536 g/mol. The molecule has 0 unspecified atom stereocenters. The average Bonchev–Trinajstić information content (AvgIpc) is 2.98. The lowest BCUT2D eigenvalue weighted by Crippen LogP contribution is -2.64. The van der Waals surface area contributed by atoms with Crippen molar-refractivity contribution in [3.8, 4) is 0 Å². The molecule has 0 aromatic rings. The number of ether oxygens (including phenoxy) is 4. The summed E-state index contributed by atoms with van der Waals surface area (Å²) in [6, 6.07) is 0. The van der Waals surface area contributed by atoms with Gasteiger partial charge in [0, 0.05) is 6.61 Å². The Bertz CT molecular complexity index is 638. The molecule has 244 valence electrons. The molecule has 0 spiro atoms. The Hall–Kier alpha value is -0.440. The van der Waals surface area contributed by atoms with Gasteiger partial charge in [-0.05, 0) is 6.42 Å². The lowest BCUT2D eigenvalue weighted by molar-refractivity contribution is -0.359. The summed E-state index contributed by atoms with van der Waals surface area (Å²) >= 11 is 0. The largest absolute Gasteiger partial charge is 0.394 e. The van der Waals surface area contributed by atoms with Crippen LogP contribution in [-0.4, -0.2) is 117 Å². The molecule has 0 amide bonds. The molecule has 0 saturated carbocycles. The first-order valence-electron chi connectivity index (χ1n) is 16.1. The van der Waals surface area contributed by atoms with Crippen LogP contribution in [0.1, 0.15) is 110 Å². The topological polar surface area (TPSA) is 179 Å². The van der Waals surface area contributed by atoms with Crippen LogP contribution in [0.15, 0.2) is 0 Å². The van der Waals surface area contributed by atoms with E-state index in [1.54, 1.807) is 0 Å². The van der Waals surface area contributed by atoms with Gasteiger partial charge in [0.1, 0.15) is 48.8 Å². The van der Waals surface area contributed by atoms with Crippen molar-refractivity contribution in [3.05, 3.63) is 0 Å². The van der Waals surface area contributed by atoms with Crippen molar-refractivity contribution in [1.82, 2.24) is 0 Å². The van der Waals surface area contributed by atoms with Gasteiger partial charge in [-0.2, -0.15) is 0 Å². The summed E-state index contributed by atoms with van der Waals surface area (Å²) < 4.78 is 22.2. The first-order chi connectivity index (χ1) is 19.8. The smallest absolute Gasteiger partial charge is 0.187 e. The molecule has 2 rings (SSSR count). The molecule has 0 bridgehead atoms. The third kappa shape index (κ3) is 12.6. The molecular formula is C30H58O11. The van der Waals surface area contributed by atoms with Crippen LogP contribution in [-0.2, 0) is 18.9 Å². The van der Waals surface area contributed by atoms with Crippen LogP contribution in [0.25, 0.3) is 0 Å². The van der Waals surface area contributed by atoms with Gasteiger partial charge in [0.15, 0.2) is 12.6 Å². The van der Waals surface area contributed by atoms with Crippen LogP contribution in [0.4, 0.5) is 0 Å². The van der Waals surface area contributed by atoms with Gasteiger partial charge in [-0.1, -0.05) is 103 Å². The zero-order valence-electron chi connectivity index (χ0n) is 25.0. The van der Waals surface area contributed by atoms with Crippen LogP contribution in [0.2, 0.25) is 0 Å². The Morgan fingerprint density at radius 2 is 0.927 bits per heavy atom. The van der Waals surface area contributed by atoms with E-state index in [-0.39, 0.29) is 0 Å². The first kappa shape index (κ1) is 36.8. The Morgan fingerprint density at radius 3 is 1.41 bits per heavy atom. The lowest BCUT2D eigenvalue weighted by atomic mass is 9.97. The molecule has 2 aliphatic rings. The molecule has 11 heteroatoms. The predicted molar refractivity (Wildman–Crippen MR) is 152 cm³/mol. The van der Waals surface area contributed by atoms with Crippen LogP contribution in [0, 0.1) is 0 Å². The summed E-state index contributed by atoms with van der Waals surface area (Å²) in [6.07, 6.45) is 5.82. The number of hydrogen-bond donors (Lipinski definition) is 7. The highest BCUT2D eigenvalue weighted by Gasteiger charge is 2.50. The molecule has 0 aromatic carbocycles. The van der Waals surface area contributed by atoms with Gasteiger partial charge in [0.2, 0.25) is 0 Å². The molecule has 10 atom stereocenters. The molecule has 0 aromatic heterocycles. The SMILES string of the molecule is CCCCCCCCCCCCCCCCCCO[C@@H]1O[C@H](CO)[C@@H](O[C@@H]2O[C@H](CO)[C@H](O)[C@H](O)[C@H]2O)[C@H](O)[C@H]1O. The summed E-state index contributed by atoms with van der Waals surface area (Å²) in [4.78, 5) is 0. The highest BCUT2D eigenvalue weighted by molar-refractivity contribution is 4.94. The highest BCUT2D eigenvalue weighted by atomic mass is 16.7. The Morgan fingerprint density at radius 1 is 0.488 bits per heavy atom. The third-order valence-electron chi connectivity index (χ3n) is 8.24. The fourth-order valence-electron chi connectivity index (χ4n) is 5.54. The number of rotatable bonds is 22. The van der Waals surface area contributed by atoms with Crippen molar-refractivity contribution < 1.29 is 54.7 Å². The van der Waals surface area contributed by atoms with Gasteiger partial charge in [-0.3, -0.25) is 0 Å². The van der Waals surface area contributed by atoms with Crippen molar-refractivity contribution in [1.29, 1.82) is 0 Å². The van der Waals surface area contributed by atoms with Crippen LogP contribution in [0.3, 0.4) is 0 Å². The van der Waals surface area contributed by atoms with Crippen LogP contribution < -0.4 is 0 Å². The van der Waals surface area contributed by atoms with Crippen molar-refractivity contribution in [2.75, 3.05) is 19.8 Å². The van der Waals surface area contributed by atoms with Gasteiger partial charge in [-0.25, -0.2) is 0 Å². The second-order valence-electron chi connectivity index (χ2n) is 11.7. The minimum atomic E-state index is -1.69. The molecule has 0 radical (unpaired) electrons. The summed E-state index contributed by atoms with van der Waals surface area (Å²) in [5.41, 5.74) is 0. The number of aliphatic hydroxyl groups is 7. The van der Waals surface area contributed by atoms with Crippen molar-refractivity contribution in [2.24, 2.45) is 0 Å². The second-order valence-corrected chi connectivity index (χ2v) is 11.7. The van der Waals surface area contributed by atoms with E-state index in [0.29, 0.717) is 6.61 Å². The zero-order chi connectivity index (χ0) is 30.0. The molecule has 7 N–H and O–H groups in total. The Labute approximate surface area is 245 Å². The number of unbranched alkanes of at least 4 members (excludes halogenated alkanes) is 15. The summed E-state index contributed by atoms with van der Waals surface area (Å²) in [6.45, 7) is 1.35. The van der Waals surface area contributed by atoms with E-state index >= 15 is 0 Å². The standard InChI is InChI=1S/C30H58O11/c1-2-3-4-5-6-7-8-9-10-11-12-13-14-15-16-17-18-38-29-27(37)25(35)28(22(20-32)40-29)41-30-26(36)24(34)23(33)21(19-31)39-30/h21-37H,2-20H2,1H3/t21-,22-,23+,24+,25-,26-,27-,28-,29-,30+/m1/s1. The molecule has 2 fully saturated rings. The quantitative estimate of drug-likeness (QED) is 0.0910. The second kappa shape index (κ2) is 21.3. The van der Waals surface area contributed by atoms with E-state index in [1.165, 1.54) is 83.5 Å². The molecule has 11 nitrogen and oxygen atoms in total. The maximum absolute atomic E-state index is 10.7. The monoisotopic (exact) mass is 594 g/mol. The molecule has 0 aliphatic carbocycles. The van der Waals surface area contributed by atoms with E-state index in [4.69, 9.17) is 18.9 Å². The fraction of sp³-hybridized carbons (Fsp3) is 1.00. The van der Waals surface area contributed by atoms with Gasteiger partial charge in [0.25, 0.3) is 0 Å². The summed E-state index contributed by atoms with van der Waals surface area (Å²) in [5.74, 6) is 0. The maximum Gasteiger partial charge on any atom is 0.187 e. The Balaban J connectivity index is 1.56. The zero-order valence-corrected chi connectivity index (χ0v) is 25.0. The van der Waals surface area contributed by atoms with Gasteiger partial charge < -0.3 is 54.7 Å². The molecule has 2 heterocycles. The van der Waals surface area contributed by atoms with Gasteiger partial charge in [-0.15, -0.1) is 0 Å². The Kier molecular flexibility index (Phi) is 19.1.